The number of hydrogen-bond donors (Lipinski definition) is 2. The summed E-state index contributed by atoms with van der Waals surface area (Å²) >= 11 is 0. The molecule has 12 nitrogen and oxygen atoms in total. The highest BCUT2D eigenvalue weighted by Crippen LogP contribution is 2.30. The lowest BCUT2D eigenvalue weighted by Gasteiger charge is -2.36. The number of alkyl halides is 3. The molecule has 0 aliphatic carbocycles. The summed E-state index contributed by atoms with van der Waals surface area (Å²) in [5.74, 6) is -2.30. The van der Waals surface area contributed by atoms with Crippen LogP contribution in [0.15, 0.2) is 76.6 Å². The molecule has 242 valence electrons. The first-order chi connectivity index (χ1) is 21.3. The fraction of sp³-hybridized carbons (Fsp3) is 0.367. The summed E-state index contributed by atoms with van der Waals surface area (Å²) in [4.78, 5) is 53.2. The molecule has 2 aromatic heterocycles. The summed E-state index contributed by atoms with van der Waals surface area (Å²) < 4.78 is 45.6. The number of carbonyl (C=O) groups is 2. The summed E-state index contributed by atoms with van der Waals surface area (Å²) in [7, 11) is 0. The van der Waals surface area contributed by atoms with Crippen LogP contribution in [0.25, 0.3) is 0 Å². The van der Waals surface area contributed by atoms with Crippen LogP contribution >= 0.6 is 0 Å². The summed E-state index contributed by atoms with van der Waals surface area (Å²) in [5.41, 5.74) is 1.23. The fourth-order valence-corrected chi connectivity index (χ4v) is 4.58. The fourth-order valence-electron chi connectivity index (χ4n) is 4.58. The van der Waals surface area contributed by atoms with Crippen molar-refractivity contribution < 1.29 is 37.7 Å². The van der Waals surface area contributed by atoms with E-state index in [1.807, 2.05) is 17.0 Å². The summed E-state index contributed by atoms with van der Waals surface area (Å²) in [5, 5.41) is 15.6. The molecule has 1 aliphatic heterocycles. The number of benzene rings is 1. The SMILES string of the molecule is Cc1cn(Cc2ccccn2)c(=O)n(CCCN2CCN(c3ccccc3OCC(F)(F)F)CC2)c1=O.O=C(O)/C=C/C(=O)O. The lowest BCUT2D eigenvalue weighted by Crippen LogP contribution is -2.47. The largest absolute Gasteiger partial charge is 0.482 e. The molecule has 4 rings (SSSR count). The number of pyridine rings is 1. The normalized spacial score (nSPS) is 13.7. The highest BCUT2D eigenvalue weighted by Gasteiger charge is 2.29. The van der Waals surface area contributed by atoms with Crippen molar-refractivity contribution in [3.8, 4) is 5.75 Å². The third kappa shape index (κ3) is 11.3. The van der Waals surface area contributed by atoms with Gasteiger partial charge in [-0.2, -0.15) is 13.2 Å². The minimum absolute atomic E-state index is 0.217. The van der Waals surface area contributed by atoms with Crippen molar-refractivity contribution in [1.82, 2.24) is 19.0 Å². The van der Waals surface area contributed by atoms with Crippen molar-refractivity contribution in [2.45, 2.75) is 32.6 Å². The van der Waals surface area contributed by atoms with Crippen LogP contribution in [0.5, 0.6) is 5.75 Å². The number of halogens is 3. The Bertz CT molecular complexity index is 1570. The third-order valence-electron chi connectivity index (χ3n) is 6.66. The van der Waals surface area contributed by atoms with Gasteiger partial charge in [0.15, 0.2) is 6.61 Å². The van der Waals surface area contributed by atoms with Crippen LogP contribution in [0.1, 0.15) is 17.7 Å². The topological polar surface area (TPSA) is 147 Å². The predicted molar refractivity (Wildman–Crippen MR) is 159 cm³/mol. The quantitative estimate of drug-likeness (QED) is 0.302. The molecule has 1 aromatic carbocycles. The van der Waals surface area contributed by atoms with Crippen LogP contribution in [0.4, 0.5) is 18.9 Å². The minimum Gasteiger partial charge on any atom is -0.482 e. The Labute approximate surface area is 256 Å². The van der Waals surface area contributed by atoms with E-state index in [9.17, 15) is 32.3 Å². The second-order valence-electron chi connectivity index (χ2n) is 10.1. The van der Waals surface area contributed by atoms with Gasteiger partial charge in [-0.25, -0.2) is 14.4 Å². The summed E-state index contributed by atoms with van der Waals surface area (Å²) in [6.45, 7) is 4.34. The van der Waals surface area contributed by atoms with E-state index in [-0.39, 0.29) is 23.5 Å². The molecular formula is C30H34F3N5O7. The average Bonchev–Trinajstić information content (AvgIpc) is 3.00. The van der Waals surface area contributed by atoms with Crippen LogP contribution < -0.4 is 20.9 Å². The number of carboxylic acid groups (broad SMARTS) is 2. The zero-order valence-corrected chi connectivity index (χ0v) is 24.5. The molecule has 3 heterocycles. The van der Waals surface area contributed by atoms with Gasteiger partial charge in [-0.15, -0.1) is 0 Å². The van der Waals surface area contributed by atoms with Crippen molar-refractivity contribution in [3.63, 3.8) is 0 Å². The first-order valence-electron chi connectivity index (χ1n) is 13.9. The van der Waals surface area contributed by atoms with Gasteiger partial charge in [-0.05, 0) is 44.2 Å². The van der Waals surface area contributed by atoms with Gasteiger partial charge in [0.25, 0.3) is 5.56 Å². The lowest BCUT2D eigenvalue weighted by atomic mass is 10.2. The van der Waals surface area contributed by atoms with Crippen molar-refractivity contribution in [3.05, 3.63) is 99.1 Å². The Hall–Kier alpha value is -4.92. The standard InChI is InChI=1S/C26H30F3N5O3.C4H4O4/c1-20-17-33(18-21-7-4-5-10-30-21)25(36)34(24(20)35)12-6-11-31-13-15-32(16-14-31)22-8-2-3-9-23(22)37-19-26(27,28)29;5-3(6)1-2-4(7)8/h2-5,7-10,17H,6,11-16,18-19H2,1H3;1-2H,(H,5,6)(H,7,8)/b;2-1+. The number of aliphatic carboxylic acids is 2. The number of nitrogens with zero attached hydrogens (tertiary/aromatic N) is 5. The molecule has 0 atom stereocenters. The number of hydrogen-bond acceptors (Lipinski definition) is 8. The average molecular weight is 634 g/mol. The van der Waals surface area contributed by atoms with E-state index in [4.69, 9.17) is 14.9 Å². The first-order valence-corrected chi connectivity index (χ1v) is 13.9. The molecule has 0 amide bonds. The number of aromatic nitrogens is 3. The second kappa shape index (κ2) is 16.2. The first kappa shape index (κ1) is 34.6. The molecule has 15 heteroatoms. The van der Waals surface area contributed by atoms with E-state index in [1.165, 1.54) is 9.13 Å². The Balaban J connectivity index is 0.000000610. The number of ether oxygens (including phenoxy) is 1. The highest BCUT2D eigenvalue weighted by molar-refractivity contribution is 5.89. The van der Waals surface area contributed by atoms with Crippen molar-refractivity contribution in [2.24, 2.45) is 0 Å². The number of rotatable bonds is 11. The molecule has 1 aliphatic rings. The van der Waals surface area contributed by atoms with Gasteiger partial charge < -0.3 is 19.8 Å². The minimum atomic E-state index is -4.40. The number of anilines is 1. The van der Waals surface area contributed by atoms with Crippen LogP contribution in [-0.4, -0.2) is 86.7 Å². The van der Waals surface area contributed by atoms with E-state index in [0.717, 1.165) is 5.69 Å². The molecule has 3 aromatic rings. The van der Waals surface area contributed by atoms with Gasteiger partial charge in [0.1, 0.15) is 5.75 Å². The van der Waals surface area contributed by atoms with E-state index in [1.54, 1.807) is 49.6 Å². The molecule has 0 bridgehead atoms. The zero-order valence-electron chi connectivity index (χ0n) is 24.5. The molecule has 1 saturated heterocycles. The molecule has 1 fully saturated rings. The van der Waals surface area contributed by atoms with Crippen molar-refractivity contribution >= 4 is 17.6 Å². The zero-order chi connectivity index (χ0) is 33.0. The molecule has 2 N–H and O–H groups in total. The van der Waals surface area contributed by atoms with Crippen molar-refractivity contribution in [2.75, 3.05) is 44.2 Å². The van der Waals surface area contributed by atoms with Gasteiger partial charge in [0.2, 0.25) is 0 Å². The number of aryl methyl sites for hydroxylation is 1. The predicted octanol–water partition coefficient (Wildman–Crippen LogP) is 2.63. The monoisotopic (exact) mass is 633 g/mol. The van der Waals surface area contributed by atoms with Gasteiger partial charge in [0, 0.05) is 62.8 Å². The Morgan fingerprint density at radius 3 is 2.20 bits per heavy atom. The number of piperazine rings is 1. The van der Waals surface area contributed by atoms with Crippen molar-refractivity contribution in [1.29, 1.82) is 0 Å². The maximum absolute atomic E-state index is 13.0. The summed E-state index contributed by atoms with van der Waals surface area (Å²) in [6.07, 6.45) is 0.577. The van der Waals surface area contributed by atoms with Gasteiger partial charge >= 0.3 is 23.8 Å². The molecule has 0 unspecified atom stereocenters. The van der Waals surface area contributed by atoms with Crippen LogP contribution in [0, 0.1) is 6.92 Å². The molecular weight excluding hydrogens is 599 g/mol. The third-order valence-corrected chi connectivity index (χ3v) is 6.66. The second-order valence-corrected chi connectivity index (χ2v) is 10.1. The van der Waals surface area contributed by atoms with E-state index < -0.39 is 24.7 Å². The molecule has 45 heavy (non-hydrogen) atoms. The van der Waals surface area contributed by atoms with Crippen LogP contribution in [-0.2, 0) is 22.7 Å². The molecule has 0 spiro atoms. The molecule has 0 saturated carbocycles. The lowest BCUT2D eigenvalue weighted by molar-refractivity contribution is -0.153. The van der Waals surface area contributed by atoms with Crippen LogP contribution in [0.2, 0.25) is 0 Å². The smallest absolute Gasteiger partial charge is 0.422 e. The summed E-state index contributed by atoms with van der Waals surface area (Å²) in [6, 6.07) is 12.2. The van der Waals surface area contributed by atoms with Gasteiger partial charge in [0.05, 0.1) is 17.9 Å². The number of carboxylic acids is 2. The van der Waals surface area contributed by atoms with E-state index in [0.29, 0.717) is 69.1 Å². The molecule has 0 radical (unpaired) electrons. The number of para-hydroxylation sites is 2. The van der Waals surface area contributed by atoms with Gasteiger partial charge in [-0.3, -0.25) is 23.8 Å². The Morgan fingerprint density at radius 2 is 1.60 bits per heavy atom. The Kier molecular flexibility index (Phi) is 12.5. The maximum Gasteiger partial charge on any atom is 0.422 e. The van der Waals surface area contributed by atoms with Gasteiger partial charge in [-0.1, -0.05) is 18.2 Å². The maximum atomic E-state index is 13.0. The van der Waals surface area contributed by atoms with E-state index >= 15 is 0 Å². The Morgan fingerprint density at radius 1 is 0.956 bits per heavy atom. The van der Waals surface area contributed by atoms with Crippen LogP contribution in [0.3, 0.4) is 0 Å². The van der Waals surface area contributed by atoms with E-state index in [2.05, 4.69) is 9.88 Å². The highest BCUT2D eigenvalue weighted by atomic mass is 19.4.